The minimum atomic E-state index is 0.984. The highest BCUT2D eigenvalue weighted by molar-refractivity contribution is 5.71. The van der Waals surface area contributed by atoms with E-state index in [9.17, 15) is 0 Å². The molecule has 0 spiro atoms. The summed E-state index contributed by atoms with van der Waals surface area (Å²) in [5, 5.41) is 0. The van der Waals surface area contributed by atoms with Crippen LogP contribution in [0.1, 0.15) is 5.56 Å². The van der Waals surface area contributed by atoms with E-state index in [-0.39, 0.29) is 0 Å². The van der Waals surface area contributed by atoms with Gasteiger partial charge in [0.25, 0.3) is 0 Å². The van der Waals surface area contributed by atoms with Crippen LogP contribution in [0.3, 0.4) is 0 Å². The second-order valence-corrected chi connectivity index (χ2v) is 5.89. The van der Waals surface area contributed by atoms with Crippen LogP contribution in [0, 0.1) is 0 Å². The van der Waals surface area contributed by atoms with Crippen LogP contribution >= 0.6 is 0 Å². The maximum absolute atomic E-state index is 2.39. The summed E-state index contributed by atoms with van der Waals surface area (Å²) >= 11 is 0. The van der Waals surface area contributed by atoms with Crippen molar-refractivity contribution in [2.24, 2.45) is 0 Å². The van der Waals surface area contributed by atoms with Crippen molar-refractivity contribution < 1.29 is 0 Å². The molecule has 1 aliphatic rings. The van der Waals surface area contributed by atoms with Crippen molar-refractivity contribution in [3.05, 3.63) is 102 Å². The lowest BCUT2D eigenvalue weighted by Gasteiger charge is -2.25. The zero-order valence-electron chi connectivity index (χ0n) is 13.5. The Hall–Kier alpha value is -3.00. The average molecular weight is 312 g/mol. The fourth-order valence-corrected chi connectivity index (χ4v) is 3.17. The maximum atomic E-state index is 2.39. The van der Waals surface area contributed by atoms with E-state index in [0.29, 0.717) is 0 Å². The number of benzene rings is 3. The largest absolute Gasteiger partial charge is 0.326 e. The molecule has 0 aliphatic carbocycles. The van der Waals surface area contributed by atoms with E-state index in [1.165, 1.54) is 22.8 Å². The Bertz CT molecular complexity index is 761. The molecule has 3 aromatic carbocycles. The molecule has 1 heterocycles. The van der Waals surface area contributed by atoms with E-state index in [1.807, 2.05) is 0 Å². The molecule has 1 saturated heterocycles. The maximum Gasteiger partial charge on any atom is 0.114 e. The lowest BCUT2D eigenvalue weighted by Crippen LogP contribution is -2.22. The fourth-order valence-electron chi connectivity index (χ4n) is 3.17. The number of hydrogen-bond acceptors (Lipinski definition) is 2. The van der Waals surface area contributed by atoms with E-state index in [4.69, 9.17) is 0 Å². The molecule has 1 fully saturated rings. The predicted molar refractivity (Wildman–Crippen MR) is 102 cm³/mol. The van der Waals surface area contributed by atoms with Crippen LogP contribution in [0.15, 0.2) is 96.8 Å². The molecule has 1 aliphatic heterocycles. The fraction of sp³-hybridized carbons (Fsp3) is 0.0909. The number of hydrogen-bond donors (Lipinski definition) is 0. The molecule has 3 aromatic rings. The van der Waals surface area contributed by atoms with Crippen LogP contribution < -0.4 is 9.80 Å². The molecule has 0 aromatic heterocycles. The van der Waals surface area contributed by atoms with Gasteiger partial charge < -0.3 is 9.80 Å². The molecule has 0 amide bonds. The van der Waals surface area contributed by atoms with Gasteiger partial charge in [-0.15, -0.1) is 0 Å². The van der Waals surface area contributed by atoms with Gasteiger partial charge in [-0.1, -0.05) is 66.7 Å². The number of rotatable bonds is 3. The van der Waals surface area contributed by atoms with E-state index >= 15 is 0 Å². The molecular weight excluding hydrogens is 292 g/mol. The first-order valence-electron chi connectivity index (χ1n) is 8.34. The number of anilines is 2. The monoisotopic (exact) mass is 312 g/mol. The van der Waals surface area contributed by atoms with Crippen molar-refractivity contribution in [2.75, 3.05) is 22.9 Å². The Morgan fingerprint density at radius 2 is 0.958 bits per heavy atom. The van der Waals surface area contributed by atoms with Crippen LogP contribution in [0.2, 0.25) is 0 Å². The molecule has 4 rings (SSSR count). The van der Waals surface area contributed by atoms with Crippen LogP contribution in [-0.4, -0.2) is 13.1 Å². The van der Waals surface area contributed by atoms with Gasteiger partial charge in [-0.05, 0) is 35.9 Å². The third kappa shape index (κ3) is 2.91. The van der Waals surface area contributed by atoms with Gasteiger partial charge in [-0.25, -0.2) is 0 Å². The first-order valence-corrected chi connectivity index (χ1v) is 8.34. The van der Waals surface area contributed by atoms with E-state index in [0.717, 1.165) is 13.1 Å². The molecule has 0 unspecified atom stereocenters. The van der Waals surface area contributed by atoms with Crippen LogP contribution in [-0.2, 0) is 0 Å². The quantitative estimate of drug-likeness (QED) is 0.670. The van der Waals surface area contributed by atoms with Crippen LogP contribution in [0.5, 0.6) is 0 Å². The van der Waals surface area contributed by atoms with Gasteiger partial charge >= 0.3 is 0 Å². The summed E-state index contributed by atoms with van der Waals surface area (Å²) in [5.41, 5.74) is 3.69. The summed E-state index contributed by atoms with van der Waals surface area (Å²) < 4.78 is 0. The van der Waals surface area contributed by atoms with Crippen molar-refractivity contribution in [2.45, 2.75) is 0 Å². The molecule has 24 heavy (non-hydrogen) atoms. The van der Waals surface area contributed by atoms with Gasteiger partial charge in [-0.3, -0.25) is 0 Å². The third-order valence-electron chi connectivity index (χ3n) is 4.33. The predicted octanol–water partition coefficient (Wildman–Crippen LogP) is 5.01. The molecule has 0 radical (unpaired) electrons. The standard InChI is InChI=1S/C22H20N2/c1-4-10-19(11-5-1)18-22-23(20-12-6-2-7-13-20)16-17-24(22)21-14-8-3-9-15-21/h1-15,18H,16-17H2. The molecule has 0 bridgehead atoms. The van der Waals surface area contributed by atoms with Crippen molar-refractivity contribution in [3.8, 4) is 0 Å². The van der Waals surface area contributed by atoms with Crippen molar-refractivity contribution in [3.63, 3.8) is 0 Å². The van der Waals surface area contributed by atoms with E-state index in [2.05, 4.69) is 107 Å². The van der Waals surface area contributed by atoms with Gasteiger partial charge in [0.1, 0.15) is 5.82 Å². The minimum Gasteiger partial charge on any atom is -0.326 e. The van der Waals surface area contributed by atoms with Crippen LogP contribution in [0.25, 0.3) is 6.08 Å². The smallest absolute Gasteiger partial charge is 0.114 e. The zero-order chi connectivity index (χ0) is 16.2. The second-order valence-electron chi connectivity index (χ2n) is 5.89. The summed E-state index contributed by atoms with van der Waals surface area (Å²) in [4.78, 5) is 4.78. The molecule has 0 N–H and O–H groups in total. The average Bonchev–Trinajstić information content (AvgIpc) is 3.07. The molecule has 2 heteroatoms. The lowest BCUT2D eigenvalue weighted by atomic mass is 10.2. The summed E-state index contributed by atoms with van der Waals surface area (Å²) in [6, 6.07) is 31.7. The van der Waals surface area contributed by atoms with Gasteiger partial charge in [0.2, 0.25) is 0 Å². The van der Waals surface area contributed by atoms with E-state index < -0.39 is 0 Å². The summed E-state index contributed by atoms with van der Waals surface area (Å²) in [5.74, 6) is 1.22. The van der Waals surface area contributed by atoms with Crippen molar-refractivity contribution in [1.82, 2.24) is 0 Å². The summed E-state index contributed by atoms with van der Waals surface area (Å²) in [6.45, 7) is 1.97. The Kier molecular flexibility index (Phi) is 4.03. The highest BCUT2D eigenvalue weighted by Gasteiger charge is 2.26. The third-order valence-corrected chi connectivity index (χ3v) is 4.33. The summed E-state index contributed by atoms with van der Waals surface area (Å²) in [6.07, 6.45) is 2.27. The van der Waals surface area contributed by atoms with Gasteiger partial charge in [0.15, 0.2) is 0 Å². The number of nitrogens with zero attached hydrogens (tertiary/aromatic N) is 2. The number of para-hydroxylation sites is 2. The Morgan fingerprint density at radius 1 is 0.542 bits per heavy atom. The Labute approximate surface area is 143 Å². The second kappa shape index (κ2) is 6.63. The van der Waals surface area contributed by atoms with Gasteiger partial charge in [0, 0.05) is 24.5 Å². The highest BCUT2D eigenvalue weighted by Crippen LogP contribution is 2.31. The van der Waals surface area contributed by atoms with Crippen molar-refractivity contribution >= 4 is 17.5 Å². The van der Waals surface area contributed by atoms with E-state index in [1.54, 1.807) is 0 Å². The summed E-state index contributed by atoms with van der Waals surface area (Å²) in [7, 11) is 0. The molecule has 0 atom stereocenters. The molecule has 2 nitrogen and oxygen atoms in total. The first kappa shape index (κ1) is 14.6. The Balaban J connectivity index is 1.77. The topological polar surface area (TPSA) is 6.48 Å². The van der Waals surface area contributed by atoms with Gasteiger partial charge in [0.05, 0.1) is 0 Å². The zero-order valence-corrected chi connectivity index (χ0v) is 13.5. The SMILES string of the molecule is C(=C1N(c2ccccc2)CCN1c1ccccc1)c1ccccc1. The Morgan fingerprint density at radius 3 is 1.42 bits per heavy atom. The van der Waals surface area contributed by atoms with Crippen molar-refractivity contribution in [1.29, 1.82) is 0 Å². The first-order chi connectivity index (χ1) is 11.9. The molecule has 0 saturated carbocycles. The van der Waals surface area contributed by atoms with Crippen LogP contribution in [0.4, 0.5) is 11.4 Å². The molecular formula is C22H20N2. The highest BCUT2D eigenvalue weighted by atomic mass is 15.4. The van der Waals surface area contributed by atoms with Gasteiger partial charge in [-0.2, -0.15) is 0 Å². The normalized spacial score (nSPS) is 14.1. The molecule has 118 valence electrons. The minimum absolute atomic E-state index is 0.984. The lowest BCUT2D eigenvalue weighted by molar-refractivity contribution is 1.02.